The molecule has 0 saturated carbocycles. The molecule has 0 radical (unpaired) electrons. The van der Waals surface area contributed by atoms with E-state index in [1.807, 2.05) is 0 Å². The fourth-order valence-electron chi connectivity index (χ4n) is 1.39. The Bertz CT molecular complexity index is 240. The normalized spacial score (nSPS) is 15.9. The number of hydrogen-bond acceptors (Lipinski definition) is 1. The summed E-state index contributed by atoms with van der Waals surface area (Å²) in [4.78, 5) is 0. The van der Waals surface area contributed by atoms with Crippen LogP contribution in [0.1, 0.15) is 27.2 Å². The fraction of sp³-hybridized carbons (Fsp3) is 0.556. The summed E-state index contributed by atoms with van der Waals surface area (Å²) in [5.41, 5.74) is 1.32. The molecule has 0 aromatic heterocycles. The van der Waals surface area contributed by atoms with E-state index in [2.05, 4.69) is 41.8 Å². The molecule has 0 N–H and O–H groups in total. The molecule has 1 rings (SSSR count). The van der Waals surface area contributed by atoms with Crippen LogP contribution in [0.5, 0.6) is 0 Å². The molecule has 0 unspecified atom stereocenters. The maximum atomic E-state index is 6.13. The first-order chi connectivity index (χ1) is 5.93. The van der Waals surface area contributed by atoms with Gasteiger partial charge in [-0.25, -0.2) is 0 Å². The van der Waals surface area contributed by atoms with Gasteiger partial charge in [-0.15, -0.1) is 0 Å². The van der Waals surface area contributed by atoms with Crippen molar-refractivity contribution in [3.8, 4) is 0 Å². The first-order valence-corrected chi connectivity index (χ1v) is 11.7. The molecule has 0 atom stereocenters. The van der Waals surface area contributed by atoms with Crippen molar-refractivity contribution in [1.29, 1.82) is 0 Å². The van der Waals surface area contributed by atoms with E-state index >= 15 is 0 Å². The summed E-state index contributed by atoms with van der Waals surface area (Å²) in [5.74, 6) is 0. The van der Waals surface area contributed by atoms with Crippen LogP contribution in [-0.4, -0.2) is 8.38 Å². The predicted molar refractivity (Wildman–Crippen MR) is 55.1 cm³/mol. The third-order valence-corrected chi connectivity index (χ3v) is 7.06. The zero-order valence-corrected chi connectivity index (χ0v) is 12.1. The summed E-state index contributed by atoms with van der Waals surface area (Å²) < 4.78 is 2.22. The van der Waals surface area contributed by atoms with Crippen LogP contribution in [0.4, 0.5) is 0 Å². The predicted octanol–water partition coefficient (Wildman–Crippen LogP) is 3.77. The summed E-state index contributed by atoms with van der Waals surface area (Å²) in [6.45, 7) is 6.45. The van der Waals surface area contributed by atoms with E-state index in [0.717, 1.165) is 6.42 Å². The Morgan fingerprint density at radius 2 is 2.00 bits per heavy atom. The Labute approximate surface area is 95.6 Å². The van der Waals surface area contributed by atoms with Gasteiger partial charge < -0.3 is 0 Å². The van der Waals surface area contributed by atoms with E-state index in [1.54, 1.807) is 0 Å². The van der Waals surface area contributed by atoms with Crippen LogP contribution in [0, 0.1) is 0 Å². The van der Waals surface area contributed by atoms with Crippen molar-refractivity contribution in [3.05, 3.63) is 23.9 Å². The van der Waals surface area contributed by atoms with E-state index in [9.17, 15) is 0 Å². The Hall–Kier alpha value is 0.743. The summed E-state index contributed by atoms with van der Waals surface area (Å²) in [5, 5.41) is 0. The van der Waals surface area contributed by atoms with Crippen molar-refractivity contribution in [2.24, 2.45) is 0 Å². The summed E-state index contributed by atoms with van der Waals surface area (Å²) in [6.07, 6.45) is 7.28. The number of allylic oxidation sites excluding steroid dienone is 3. The molecular formula is C9H14Cl2NZr. The van der Waals surface area contributed by atoms with Crippen molar-refractivity contribution in [3.63, 3.8) is 0 Å². The fourth-order valence-corrected chi connectivity index (χ4v) is 7.87. The average molecular weight is 298 g/mol. The Kier molecular flexibility index (Phi) is 4.10. The molecule has 13 heavy (non-hydrogen) atoms. The second-order valence-electron chi connectivity index (χ2n) is 4.04. The Balaban J connectivity index is 2.81. The molecule has 0 saturated heterocycles. The average Bonchev–Trinajstić information content (AvgIpc) is 2.34. The van der Waals surface area contributed by atoms with Gasteiger partial charge in [0.2, 0.25) is 0 Å². The molecule has 0 aromatic carbocycles. The molecule has 73 valence electrons. The first kappa shape index (κ1) is 11.8. The molecule has 0 aliphatic heterocycles. The molecule has 1 aliphatic rings. The molecule has 0 bridgehead atoms. The second kappa shape index (κ2) is 4.51. The summed E-state index contributed by atoms with van der Waals surface area (Å²) >= 11 is -2.34. The SMILES string of the molecule is CC(C)(C)[N](C1=CC=CC1)[Zr]([Cl])[Cl]. The number of hydrogen-bond donors (Lipinski definition) is 0. The topological polar surface area (TPSA) is 3.24 Å². The number of nitrogens with zero attached hydrogens (tertiary/aromatic N) is 1. The van der Waals surface area contributed by atoms with E-state index in [1.165, 1.54) is 5.70 Å². The van der Waals surface area contributed by atoms with Gasteiger partial charge in [-0.3, -0.25) is 0 Å². The van der Waals surface area contributed by atoms with Gasteiger partial charge >= 0.3 is 96.2 Å². The first-order valence-electron chi connectivity index (χ1n) is 4.27. The van der Waals surface area contributed by atoms with Crippen LogP contribution in [0.3, 0.4) is 0 Å². The summed E-state index contributed by atoms with van der Waals surface area (Å²) in [6, 6.07) is 0. The monoisotopic (exact) mass is 296 g/mol. The molecule has 1 aliphatic carbocycles. The molecule has 0 spiro atoms. The van der Waals surface area contributed by atoms with Gasteiger partial charge in [0.1, 0.15) is 0 Å². The molecule has 0 fully saturated rings. The van der Waals surface area contributed by atoms with E-state index in [-0.39, 0.29) is 5.54 Å². The van der Waals surface area contributed by atoms with Crippen LogP contribution in [0.15, 0.2) is 23.9 Å². The van der Waals surface area contributed by atoms with Crippen LogP contribution in [0.2, 0.25) is 0 Å². The maximum absolute atomic E-state index is 6.13. The minimum absolute atomic E-state index is 0.0517. The zero-order valence-electron chi connectivity index (χ0n) is 8.14. The van der Waals surface area contributed by atoms with Crippen molar-refractivity contribution in [2.75, 3.05) is 0 Å². The standard InChI is InChI=1S/C9H14N.2ClH.Zr/c1-9(2,3)10-8-6-4-5-7-8;;;/h4-6H,7H2,1-3H3;2*1H;/q-1;;;+3/p-2. The molecule has 1 nitrogen and oxygen atoms in total. The number of halogens is 2. The van der Waals surface area contributed by atoms with Crippen molar-refractivity contribution in [2.45, 2.75) is 32.7 Å². The van der Waals surface area contributed by atoms with Gasteiger partial charge in [-0.05, 0) is 0 Å². The third-order valence-electron chi connectivity index (χ3n) is 1.88. The van der Waals surface area contributed by atoms with Gasteiger partial charge in [0.15, 0.2) is 0 Å². The third kappa shape index (κ3) is 3.11. The van der Waals surface area contributed by atoms with E-state index in [4.69, 9.17) is 17.0 Å². The van der Waals surface area contributed by atoms with Gasteiger partial charge in [0, 0.05) is 0 Å². The van der Waals surface area contributed by atoms with Crippen molar-refractivity contribution in [1.82, 2.24) is 2.84 Å². The molecular weight excluding hydrogens is 284 g/mol. The van der Waals surface area contributed by atoms with E-state index in [0.29, 0.717) is 0 Å². The van der Waals surface area contributed by atoms with Crippen LogP contribution < -0.4 is 0 Å². The van der Waals surface area contributed by atoms with Gasteiger partial charge in [-0.2, -0.15) is 0 Å². The molecule has 0 amide bonds. The second-order valence-corrected chi connectivity index (χ2v) is 11.7. The Morgan fingerprint density at radius 1 is 1.38 bits per heavy atom. The summed E-state index contributed by atoms with van der Waals surface area (Å²) in [7, 11) is 12.3. The van der Waals surface area contributed by atoms with Crippen molar-refractivity contribution >= 4 is 17.0 Å². The van der Waals surface area contributed by atoms with Crippen LogP contribution in [-0.2, 0) is 19.7 Å². The molecule has 0 heterocycles. The number of rotatable bonds is 2. The Morgan fingerprint density at radius 3 is 2.31 bits per heavy atom. The molecule has 4 heteroatoms. The van der Waals surface area contributed by atoms with Gasteiger partial charge in [0.25, 0.3) is 0 Å². The van der Waals surface area contributed by atoms with Crippen LogP contribution in [0.25, 0.3) is 0 Å². The van der Waals surface area contributed by atoms with E-state index < -0.39 is 19.7 Å². The minimum atomic E-state index is -2.34. The van der Waals surface area contributed by atoms with Gasteiger partial charge in [-0.1, -0.05) is 0 Å². The van der Waals surface area contributed by atoms with Gasteiger partial charge in [0.05, 0.1) is 0 Å². The van der Waals surface area contributed by atoms with Crippen LogP contribution >= 0.6 is 17.0 Å². The quantitative estimate of drug-likeness (QED) is 0.750. The molecule has 0 aromatic rings. The zero-order chi connectivity index (χ0) is 10.1. The van der Waals surface area contributed by atoms with Crippen molar-refractivity contribution < 1.29 is 19.7 Å².